The van der Waals surface area contributed by atoms with Gasteiger partial charge in [0, 0.05) is 52.0 Å². The predicted molar refractivity (Wildman–Crippen MR) is 59.8 cm³/mol. The van der Waals surface area contributed by atoms with Crippen LogP contribution in [0.1, 0.15) is 5.56 Å². The van der Waals surface area contributed by atoms with Crippen LogP contribution >= 0.6 is 0 Å². The smallest absolute Gasteiger partial charge is 0.250 e. The van der Waals surface area contributed by atoms with E-state index >= 15 is 0 Å². The normalized spacial score (nSPS) is 17.9. The molecule has 4 heteroatoms. The maximum Gasteiger partial charge on any atom is 0.250 e. The molecule has 1 aliphatic heterocycles. The fraction of sp³-hybridized carbons (Fsp3) is 0.545. The lowest BCUT2D eigenvalue weighted by Crippen LogP contribution is -2.43. The van der Waals surface area contributed by atoms with Gasteiger partial charge in [-0.1, -0.05) is 6.07 Å². The summed E-state index contributed by atoms with van der Waals surface area (Å²) in [5.41, 5.74) is 1.26. The van der Waals surface area contributed by atoms with E-state index < -0.39 is 0 Å². The van der Waals surface area contributed by atoms with Crippen molar-refractivity contribution in [1.82, 2.24) is 14.8 Å². The van der Waals surface area contributed by atoms with Crippen molar-refractivity contribution in [2.75, 3.05) is 26.2 Å². The van der Waals surface area contributed by atoms with Gasteiger partial charge in [-0.25, -0.2) is 0 Å². The summed E-state index contributed by atoms with van der Waals surface area (Å²) >= 11 is 0. The molecule has 0 bridgehead atoms. The molecule has 0 radical (unpaired) electrons. The van der Waals surface area contributed by atoms with Gasteiger partial charge in [-0.05, 0) is 5.56 Å². The van der Waals surface area contributed by atoms with Crippen molar-refractivity contribution >= 4 is 0 Å². The quantitative estimate of drug-likeness (QED) is 0.729. The molecule has 2 rings (SSSR count). The number of pyridine rings is 1. The minimum atomic E-state index is 0.0547. The number of piperazine rings is 1. The highest BCUT2D eigenvalue weighted by Crippen LogP contribution is 2.02. The number of nitrogens with zero attached hydrogens (tertiary/aromatic N) is 2. The van der Waals surface area contributed by atoms with Crippen molar-refractivity contribution in [3.8, 4) is 0 Å². The molecule has 0 atom stereocenters. The Balaban J connectivity index is 2.03. The topological polar surface area (TPSA) is 37.3 Å². The first-order valence-corrected chi connectivity index (χ1v) is 5.34. The summed E-state index contributed by atoms with van der Waals surface area (Å²) in [7, 11) is 1.80. The zero-order valence-corrected chi connectivity index (χ0v) is 9.07. The van der Waals surface area contributed by atoms with E-state index in [1.807, 2.05) is 12.3 Å². The zero-order chi connectivity index (χ0) is 10.7. The second-order valence-corrected chi connectivity index (χ2v) is 4.01. The molecule has 15 heavy (non-hydrogen) atoms. The van der Waals surface area contributed by atoms with E-state index in [1.165, 1.54) is 5.56 Å². The summed E-state index contributed by atoms with van der Waals surface area (Å²) in [5, 5.41) is 3.32. The Labute approximate surface area is 89.5 Å². The maximum absolute atomic E-state index is 11.2. The second-order valence-electron chi connectivity index (χ2n) is 4.01. The molecule has 82 valence electrons. The lowest BCUT2D eigenvalue weighted by atomic mass is 10.2. The molecule has 4 nitrogen and oxygen atoms in total. The van der Waals surface area contributed by atoms with Crippen LogP contribution in [0.15, 0.2) is 23.1 Å². The number of rotatable bonds is 2. The lowest BCUT2D eigenvalue weighted by Gasteiger charge is -2.27. The predicted octanol–water partition coefficient (Wildman–Crippen LogP) is -0.209. The molecule has 1 aromatic heterocycles. The molecular weight excluding hydrogens is 190 g/mol. The number of nitrogens with one attached hydrogen (secondary N) is 1. The summed E-state index contributed by atoms with van der Waals surface area (Å²) in [6, 6.07) is 3.56. The zero-order valence-electron chi connectivity index (χ0n) is 9.07. The van der Waals surface area contributed by atoms with E-state index in [1.54, 1.807) is 17.7 Å². The molecule has 1 fully saturated rings. The Bertz CT molecular complexity index is 380. The van der Waals surface area contributed by atoms with Crippen LogP contribution in [0.5, 0.6) is 0 Å². The van der Waals surface area contributed by atoms with Gasteiger partial charge in [0.05, 0.1) is 0 Å². The van der Waals surface area contributed by atoms with Crippen molar-refractivity contribution in [1.29, 1.82) is 0 Å². The minimum absolute atomic E-state index is 0.0547. The molecule has 0 aromatic carbocycles. The van der Waals surface area contributed by atoms with Crippen molar-refractivity contribution in [3.05, 3.63) is 34.2 Å². The van der Waals surface area contributed by atoms with Crippen LogP contribution < -0.4 is 10.9 Å². The van der Waals surface area contributed by atoms with Gasteiger partial charge in [-0.2, -0.15) is 0 Å². The summed E-state index contributed by atoms with van der Waals surface area (Å²) in [6.45, 7) is 5.24. The summed E-state index contributed by atoms with van der Waals surface area (Å²) < 4.78 is 1.64. The van der Waals surface area contributed by atoms with Gasteiger partial charge in [0.25, 0.3) is 0 Å². The molecule has 0 saturated carbocycles. The Hall–Kier alpha value is -1.13. The molecule has 0 spiro atoms. The molecule has 1 saturated heterocycles. The highest BCUT2D eigenvalue weighted by atomic mass is 16.1. The van der Waals surface area contributed by atoms with Crippen LogP contribution in [0.3, 0.4) is 0 Å². The molecule has 2 heterocycles. The third kappa shape index (κ3) is 2.67. The van der Waals surface area contributed by atoms with Crippen molar-refractivity contribution in [3.63, 3.8) is 0 Å². The number of aromatic nitrogens is 1. The van der Waals surface area contributed by atoms with Gasteiger partial charge in [0.15, 0.2) is 0 Å². The van der Waals surface area contributed by atoms with Crippen LogP contribution in [-0.4, -0.2) is 35.6 Å². The van der Waals surface area contributed by atoms with Crippen LogP contribution in [0, 0.1) is 0 Å². The molecule has 1 aromatic rings. The number of hydrogen-bond acceptors (Lipinski definition) is 3. The first-order chi connectivity index (χ1) is 7.25. The second kappa shape index (κ2) is 4.59. The van der Waals surface area contributed by atoms with E-state index in [9.17, 15) is 4.79 Å². The molecule has 0 amide bonds. The van der Waals surface area contributed by atoms with Gasteiger partial charge >= 0.3 is 0 Å². The van der Waals surface area contributed by atoms with Crippen molar-refractivity contribution < 1.29 is 0 Å². The van der Waals surface area contributed by atoms with Gasteiger partial charge in [0.1, 0.15) is 0 Å². The molecular formula is C11H17N3O. The molecule has 0 unspecified atom stereocenters. The Morgan fingerprint density at radius 1 is 1.33 bits per heavy atom. The molecule has 0 aliphatic carbocycles. The maximum atomic E-state index is 11.2. The fourth-order valence-corrected chi connectivity index (χ4v) is 1.87. The Kier molecular flexibility index (Phi) is 3.18. The highest BCUT2D eigenvalue weighted by Gasteiger charge is 2.09. The first-order valence-electron chi connectivity index (χ1n) is 5.34. The summed E-state index contributed by atoms with van der Waals surface area (Å²) in [6.07, 6.45) is 1.92. The third-order valence-electron chi connectivity index (χ3n) is 2.76. The number of hydrogen-bond donors (Lipinski definition) is 1. The van der Waals surface area contributed by atoms with Gasteiger partial charge < -0.3 is 9.88 Å². The van der Waals surface area contributed by atoms with Crippen LogP contribution in [0.4, 0.5) is 0 Å². The van der Waals surface area contributed by atoms with Gasteiger partial charge in [0.2, 0.25) is 5.56 Å². The van der Waals surface area contributed by atoms with Crippen LogP contribution in [0.2, 0.25) is 0 Å². The van der Waals surface area contributed by atoms with Crippen molar-refractivity contribution in [2.24, 2.45) is 7.05 Å². The molecule has 1 N–H and O–H groups in total. The van der Waals surface area contributed by atoms with Crippen LogP contribution in [-0.2, 0) is 13.6 Å². The van der Waals surface area contributed by atoms with E-state index in [4.69, 9.17) is 0 Å². The lowest BCUT2D eigenvalue weighted by molar-refractivity contribution is 0.232. The van der Waals surface area contributed by atoms with Gasteiger partial charge in [-0.15, -0.1) is 0 Å². The Morgan fingerprint density at radius 2 is 2.07 bits per heavy atom. The minimum Gasteiger partial charge on any atom is -0.318 e. The molecule has 1 aliphatic rings. The first kappa shape index (κ1) is 10.4. The average Bonchev–Trinajstić information content (AvgIpc) is 2.25. The third-order valence-corrected chi connectivity index (χ3v) is 2.76. The average molecular weight is 207 g/mol. The largest absolute Gasteiger partial charge is 0.318 e. The van der Waals surface area contributed by atoms with Crippen molar-refractivity contribution in [2.45, 2.75) is 6.54 Å². The monoisotopic (exact) mass is 207 g/mol. The number of aryl methyl sites for hydroxylation is 1. The highest BCUT2D eigenvalue weighted by molar-refractivity contribution is 5.09. The van der Waals surface area contributed by atoms with Crippen LogP contribution in [0.25, 0.3) is 0 Å². The van der Waals surface area contributed by atoms with E-state index in [2.05, 4.69) is 10.2 Å². The summed E-state index contributed by atoms with van der Waals surface area (Å²) in [5.74, 6) is 0. The Morgan fingerprint density at radius 3 is 2.73 bits per heavy atom. The summed E-state index contributed by atoms with van der Waals surface area (Å²) in [4.78, 5) is 13.6. The van der Waals surface area contributed by atoms with E-state index in [0.29, 0.717) is 0 Å². The standard InChI is InChI=1S/C11H17N3O/c1-13-8-10(2-3-11(13)15)9-14-6-4-12-5-7-14/h2-3,8,12H,4-7,9H2,1H3. The SMILES string of the molecule is Cn1cc(CN2CCNCC2)ccc1=O. The fourth-order valence-electron chi connectivity index (χ4n) is 1.87. The van der Waals surface area contributed by atoms with E-state index in [-0.39, 0.29) is 5.56 Å². The van der Waals surface area contributed by atoms with Gasteiger partial charge in [-0.3, -0.25) is 9.69 Å². The van der Waals surface area contributed by atoms with E-state index in [0.717, 1.165) is 32.7 Å².